The molecule has 20 heavy (non-hydrogen) atoms. The van der Waals surface area contributed by atoms with Crippen molar-refractivity contribution in [3.63, 3.8) is 0 Å². The minimum atomic E-state index is -0.237. The van der Waals surface area contributed by atoms with Crippen LogP contribution in [-0.2, 0) is 4.74 Å². The van der Waals surface area contributed by atoms with Gasteiger partial charge in [0.2, 0.25) is 0 Å². The molecule has 3 heteroatoms. The monoisotopic (exact) mass is 271 g/mol. The molecule has 1 aromatic rings. The van der Waals surface area contributed by atoms with Crippen LogP contribution in [0.1, 0.15) is 35.2 Å². The quantitative estimate of drug-likeness (QED) is 0.774. The topological polar surface area (TPSA) is 29.5 Å². The Bertz CT molecular complexity index is 550. The van der Waals surface area contributed by atoms with Crippen LogP contribution in [0.25, 0.3) is 0 Å². The molecule has 0 saturated carbocycles. The zero-order valence-corrected chi connectivity index (χ0v) is 12.1. The van der Waals surface area contributed by atoms with Crippen molar-refractivity contribution < 1.29 is 9.53 Å². The molecule has 1 fully saturated rings. The Balaban J connectivity index is 1.72. The van der Waals surface area contributed by atoms with Gasteiger partial charge in [-0.05, 0) is 57.5 Å². The zero-order valence-electron chi connectivity index (χ0n) is 12.1. The molecular weight excluding hydrogens is 250 g/mol. The fraction of sp³-hybridized carbons (Fsp3) is 0.471. The maximum atomic E-state index is 12.2. The largest absolute Gasteiger partial charge is 0.428 e. The lowest BCUT2D eigenvalue weighted by Crippen LogP contribution is -2.30. The molecule has 2 unspecified atom stereocenters. The second kappa shape index (κ2) is 5.41. The number of hydrogen-bond acceptors (Lipinski definition) is 3. The summed E-state index contributed by atoms with van der Waals surface area (Å²) in [6, 6.07) is 8.00. The van der Waals surface area contributed by atoms with Crippen molar-refractivity contribution in [3.05, 3.63) is 47.2 Å². The van der Waals surface area contributed by atoms with E-state index in [9.17, 15) is 4.79 Å². The molecule has 2 aliphatic rings. The first-order chi connectivity index (χ1) is 9.63. The van der Waals surface area contributed by atoms with Crippen molar-refractivity contribution in [3.8, 4) is 0 Å². The molecule has 0 spiro atoms. The molecule has 1 aliphatic heterocycles. The summed E-state index contributed by atoms with van der Waals surface area (Å²) >= 11 is 0. The number of esters is 1. The second-order valence-electron chi connectivity index (χ2n) is 5.95. The summed E-state index contributed by atoms with van der Waals surface area (Å²) < 4.78 is 5.58. The lowest BCUT2D eigenvalue weighted by Gasteiger charge is -2.27. The van der Waals surface area contributed by atoms with Crippen LogP contribution >= 0.6 is 0 Å². The highest BCUT2D eigenvalue weighted by Crippen LogP contribution is 2.34. The summed E-state index contributed by atoms with van der Waals surface area (Å²) in [5, 5.41) is 0. The summed E-state index contributed by atoms with van der Waals surface area (Å²) in [5.41, 5.74) is 1.71. The van der Waals surface area contributed by atoms with Gasteiger partial charge in [0.25, 0.3) is 0 Å². The Morgan fingerprint density at radius 3 is 3.00 bits per heavy atom. The summed E-state index contributed by atoms with van der Waals surface area (Å²) in [6.45, 7) is 3.12. The minimum Gasteiger partial charge on any atom is -0.428 e. The van der Waals surface area contributed by atoms with E-state index < -0.39 is 0 Å². The highest BCUT2D eigenvalue weighted by atomic mass is 16.5. The molecule has 2 atom stereocenters. The van der Waals surface area contributed by atoms with Crippen molar-refractivity contribution in [2.24, 2.45) is 5.92 Å². The van der Waals surface area contributed by atoms with Crippen molar-refractivity contribution in [1.82, 2.24) is 4.90 Å². The van der Waals surface area contributed by atoms with Crippen molar-refractivity contribution in [2.75, 3.05) is 13.6 Å². The van der Waals surface area contributed by atoms with Crippen LogP contribution in [0.5, 0.6) is 0 Å². The standard InChI is InChI=1S/C17H21NO2/c1-12-4-3-5-14(10-12)17(19)20-15-7-6-13-8-9-18(2)16(13)11-15/h3-5,10-11,13,16H,6-9H2,1-2H3. The van der Waals surface area contributed by atoms with Crippen molar-refractivity contribution >= 4 is 5.97 Å². The van der Waals surface area contributed by atoms with Crippen LogP contribution in [0.2, 0.25) is 0 Å². The third kappa shape index (κ3) is 2.63. The average molecular weight is 271 g/mol. The number of rotatable bonds is 2. The highest BCUT2D eigenvalue weighted by Gasteiger charge is 2.33. The first kappa shape index (κ1) is 13.4. The number of likely N-dealkylation sites (N-methyl/N-ethyl adjacent to an activating group) is 1. The minimum absolute atomic E-state index is 0.237. The third-order valence-electron chi connectivity index (χ3n) is 4.44. The predicted octanol–water partition coefficient (Wildman–Crippen LogP) is 3.15. The van der Waals surface area contributed by atoms with E-state index >= 15 is 0 Å². The Morgan fingerprint density at radius 1 is 1.35 bits per heavy atom. The Morgan fingerprint density at radius 2 is 2.20 bits per heavy atom. The van der Waals surface area contributed by atoms with E-state index in [1.165, 1.54) is 6.42 Å². The summed E-state index contributed by atoms with van der Waals surface area (Å²) in [7, 11) is 2.15. The molecule has 1 saturated heterocycles. The van der Waals surface area contributed by atoms with Crippen LogP contribution in [0.15, 0.2) is 36.1 Å². The fourth-order valence-corrected chi connectivity index (χ4v) is 3.26. The zero-order chi connectivity index (χ0) is 14.1. The molecule has 0 bridgehead atoms. The van der Waals surface area contributed by atoms with Crippen LogP contribution in [0.3, 0.4) is 0 Å². The lowest BCUT2D eigenvalue weighted by atomic mass is 9.89. The van der Waals surface area contributed by atoms with E-state index in [0.29, 0.717) is 11.6 Å². The number of ether oxygens (including phenoxy) is 1. The molecule has 3 nitrogen and oxygen atoms in total. The molecule has 106 valence electrons. The van der Waals surface area contributed by atoms with Gasteiger partial charge in [0.15, 0.2) is 0 Å². The summed E-state index contributed by atoms with van der Waals surface area (Å²) in [5.74, 6) is 1.34. The number of aryl methyl sites for hydroxylation is 1. The average Bonchev–Trinajstić information content (AvgIpc) is 2.80. The molecule has 1 heterocycles. The van der Waals surface area contributed by atoms with Crippen LogP contribution in [-0.4, -0.2) is 30.5 Å². The number of allylic oxidation sites excluding steroid dienone is 1. The number of likely N-dealkylation sites (tertiary alicyclic amines) is 1. The lowest BCUT2D eigenvalue weighted by molar-refractivity contribution is 0.0598. The van der Waals surface area contributed by atoms with Gasteiger partial charge in [-0.15, -0.1) is 0 Å². The van der Waals surface area contributed by atoms with Gasteiger partial charge < -0.3 is 4.74 Å². The molecule has 0 amide bonds. The van der Waals surface area contributed by atoms with Gasteiger partial charge in [-0.1, -0.05) is 17.7 Å². The SMILES string of the molecule is Cc1cccc(C(=O)OC2=CC3C(CC2)CCN3C)c1. The number of fused-ring (bicyclic) bond motifs is 1. The number of hydrogen-bond donors (Lipinski definition) is 0. The normalized spacial score (nSPS) is 26.0. The van der Waals surface area contributed by atoms with Crippen molar-refractivity contribution in [2.45, 2.75) is 32.2 Å². The van der Waals surface area contributed by atoms with E-state index in [0.717, 1.165) is 36.6 Å². The Kier molecular flexibility index (Phi) is 3.62. The molecule has 0 aromatic heterocycles. The van der Waals surface area contributed by atoms with Gasteiger partial charge in [0, 0.05) is 12.5 Å². The molecule has 1 aromatic carbocycles. The van der Waals surface area contributed by atoms with E-state index in [1.807, 2.05) is 31.2 Å². The van der Waals surface area contributed by atoms with Gasteiger partial charge in [-0.2, -0.15) is 0 Å². The smallest absolute Gasteiger partial charge is 0.343 e. The Hall–Kier alpha value is -1.61. The maximum Gasteiger partial charge on any atom is 0.343 e. The fourth-order valence-electron chi connectivity index (χ4n) is 3.26. The van der Waals surface area contributed by atoms with E-state index in [2.05, 4.69) is 18.0 Å². The first-order valence-electron chi connectivity index (χ1n) is 7.33. The summed E-state index contributed by atoms with van der Waals surface area (Å²) in [6.07, 6.45) is 5.42. The summed E-state index contributed by atoms with van der Waals surface area (Å²) in [4.78, 5) is 14.5. The van der Waals surface area contributed by atoms with E-state index in [4.69, 9.17) is 4.74 Å². The number of benzene rings is 1. The predicted molar refractivity (Wildman–Crippen MR) is 78.4 cm³/mol. The van der Waals surface area contributed by atoms with Gasteiger partial charge in [-0.3, -0.25) is 4.90 Å². The van der Waals surface area contributed by atoms with Crippen LogP contribution in [0, 0.1) is 12.8 Å². The maximum absolute atomic E-state index is 12.2. The Labute approximate surface area is 120 Å². The van der Waals surface area contributed by atoms with E-state index in [1.54, 1.807) is 0 Å². The number of carbonyl (C=O) groups excluding carboxylic acids is 1. The first-order valence-corrected chi connectivity index (χ1v) is 7.33. The molecule has 1 aliphatic carbocycles. The molecule has 0 N–H and O–H groups in total. The molecule has 3 rings (SSSR count). The second-order valence-corrected chi connectivity index (χ2v) is 5.95. The number of carbonyl (C=O) groups is 1. The van der Waals surface area contributed by atoms with Crippen molar-refractivity contribution in [1.29, 1.82) is 0 Å². The van der Waals surface area contributed by atoms with Crippen LogP contribution < -0.4 is 0 Å². The van der Waals surface area contributed by atoms with E-state index in [-0.39, 0.29) is 5.97 Å². The van der Waals surface area contributed by atoms with Gasteiger partial charge in [-0.25, -0.2) is 4.79 Å². The molecule has 0 radical (unpaired) electrons. The van der Waals surface area contributed by atoms with Gasteiger partial charge >= 0.3 is 5.97 Å². The molecular formula is C17H21NO2. The van der Waals surface area contributed by atoms with Crippen LogP contribution in [0.4, 0.5) is 0 Å². The van der Waals surface area contributed by atoms with Gasteiger partial charge in [0.05, 0.1) is 5.56 Å². The van der Waals surface area contributed by atoms with Gasteiger partial charge in [0.1, 0.15) is 5.76 Å². The third-order valence-corrected chi connectivity index (χ3v) is 4.44. The number of nitrogens with zero attached hydrogens (tertiary/aromatic N) is 1. The highest BCUT2D eigenvalue weighted by molar-refractivity contribution is 5.90.